The van der Waals surface area contributed by atoms with Crippen LogP contribution >= 0.6 is 0 Å². The highest BCUT2D eigenvalue weighted by molar-refractivity contribution is 5.93. The lowest BCUT2D eigenvalue weighted by Crippen LogP contribution is -2.33. The largest absolute Gasteiger partial charge is 0.508 e. The predicted molar refractivity (Wildman–Crippen MR) is 66.0 cm³/mol. The van der Waals surface area contributed by atoms with Gasteiger partial charge in [0.15, 0.2) is 0 Å². The van der Waals surface area contributed by atoms with Crippen LogP contribution in [0.2, 0.25) is 0 Å². The summed E-state index contributed by atoms with van der Waals surface area (Å²) in [7, 11) is 3.18. The third kappa shape index (κ3) is 3.72. The van der Waals surface area contributed by atoms with Crippen molar-refractivity contribution in [2.75, 3.05) is 25.6 Å². The van der Waals surface area contributed by atoms with Crippen LogP contribution in [0.1, 0.15) is 6.42 Å². The summed E-state index contributed by atoms with van der Waals surface area (Å²) in [6.45, 7) is 0.302. The van der Waals surface area contributed by atoms with Crippen LogP contribution in [0.15, 0.2) is 24.3 Å². The summed E-state index contributed by atoms with van der Waals surface area (Å²) in [5.41, 5.74) is 6.10. The first-order valence-electron chi connectivity index (χ1n) is 5.37. The van der Waals surface area contributed by atoms with E-state index in [2.05, 4.69) is 0 Å². The number of aromatic hydroxyl groups is 1. The summed E-state index contributed by atoms with van der Waals surface area (Å²) in [5.74, 6) is 0.0252. The first kappa shape index (κ1) is 13.5. The van der Waals surface area contributed by atoms with E-state index >= 15 is 0 Å². The summed E-state index contributed by atoms with van der Waals surface area (Å²) in [5, 5.41) is 9.34. The second kappa shape index (κ2) is 6.22. The van der Waals surface area contributed by atoms with E-state index in [1.807, 2.05) is 0 Å². The second-order valence-electron chi connectivity index (χ2n) is 3.77. The van der Waals surface area contributed by atoms with Crippen molar-refractivity contribution >= 4 is 11.6 Å². The number of anilines is 1. The standard InChI is InChI=1S/C12H18N2O3/c1-14(9-4-3-5-10(15)6-9)12(16)7-11(8-13)17-2/h3-6,11,15H,7-8,13H2,1-2H3. The molecule has 5 heteroatoms. The van der Waals surface area contributed by atoms with Gasteiger partial charge in [0.25, 0.3) is 0 Å². The lowest BCUT2D eigenvalue weighted by atomic mass is 10.2. The van der Waals surface area contributed by atoms with Gasteiger partial charge in [-0.25, -0.2) is 0 Å². The molecular weight excluding hydrogens is 220 g/mol. The van der Waals surface area contributed by atoms with E-state index in [1.165, 1.54) is 18.1 Å². The Hall–Kier alpha value is -1.59. The summed E-state index contributed by atoms with van der Waals surface area (Å²) in [6.07, 6.45) is -0.0543. The van der Waals surface area contributed by atoms with Crippen molar-refractivity contribution in [2.45, 2.75) is 12.5 Å². The van der Waals surface area contributed by atoms with Gasteiger partial charge in [0.2, 0.25) is 5.91 Å². The quantitative estimate of drug-likeness (QED) is 0.792. The van der Waals surface area contributed by atoms with E-state index in [1.54, 1.807) is 25.2 Å². The van der Waals surface area contributed by atoms with E-state index in [-0.39, 0.29) is 24.2 Å². The van der Waals surface area contributed by atoms with Crippen LogP contribution in [-0.4, -0.2) is 37.8 Å². The van der Waals surface area contributed by atoms with Crippen molar-refractivity contribution < 1.29 is 14.6 Å². The van der Waals surface area contributed by atoms with Gasteiger partial charge in [-0.2, -0.15) is 0 Å². The summed E-state index contributed by atoms with van der Waals surface area (Å²) >= 11 is 0. The average Bonchev–Trinajstić information content (AvgIpc) is 2.34. The van der Waals surface area contributed by atoms with E-state index in [0.29, 0.717) is 12.2 Å². The van der Waals surface area contributed by atoms with Crippen LogP contribution in [0.3, 0.4) is 0 Å². The minimum Gasteiger partial charge on any atom is -0.508 e. The van der Waals surface area contributed by atoms with Crippen molar-refractivity contribution in [3.8, 4) is 5.75 Å². The molecule has 0 heterocycles. The Kier molecular flexibility index (Phi) is 4.93. The Balaban J connectivity index is 2.69. The van der Waals surface area contributed by atoms with Gasteiger partial charge >= 0.3 is 0 Å². The molecule has 94 valence electrons. The van der Waals surface area contributed by atoms with Crippen LogP contribution < -0.4 is 10.6 Å². The molecule has 1 aromatic carbocycles. The number of amides is 1. The molecule has 1 amide bonds. The van der Waals surface area contributed by atoms with E-state index < -0.39 is 0 Å². The number of benzene rings is 1. The van der Waals surface area contributed by atoms with Crippen LogP contribution in [-0.2, 0) is 9.53 Å². The molecule has 1 rings (SSSR count). The molecule has 1 atom stereocenters. The van der Waals surface area contributed by atoms with Gasteiger partial charge in [-0.15, -0.1) is 0 Å². The highest BCUT2D eigenvalue weighted by atomic mass is 16.5. The van der Waals surface area contributed by atoms with Gasteiger partial charge in [0, 0.05) is 32.5 Å². The molecule has 5 nitrogen and oxygen atoms in total. The molecule has 1 aromatic rings. The fourth-order valence-corrected chi connectivity index (χ4v) is 1.44. The number of methoxy groups -OCH3 is 1. The van der Waals surface area contributed by atoms with Crippen molar-refractivity contribution in [1.82, 2.24) is 0 Å². The Labute approximate surface area is 101 Å². The Bertz CT molecular complexity index is 378. The fraction of sp³-hybridized carbons (Fsp3) is 0.417. The number of carbonyl (C=O) groups excluding carboxylic acids is 1. The summed E-state index contributed by atoms with van der Waals surface area (Å²) in [6, 6.07) is 6.52. The van der Waals surface area contributed by atoms with Gasteiger partial charge in [-0.3, -0.25) is 4.79 Å². The number of rotatable bonds is 5. The number of phenols is 1. The van der Waals surface area contributed by atoms with Crippen LogP contribution in [0.4, 0.5) is 5.69 Å². The SMILES string of the molecule is COC(CN)CC(=O)N(C)c1cccc(O)c1. The number of hydrogen-bond donors (Lipinski definition) is 2. The van der Waals surface area contributed by atoms with Gasteiger partial charge in [0.05, 0.1) is 12.5 Å². The molecule has 0 saturated heterocycles. The zero-order chi connectivity index (χ0) is 12.8. The maximum absolute atomic E-state index is 11.9. The normalized spacial score (nSPS) is 12.2. The first-order chi connectivity index (χ1) is 8.08. The van der Waals surface area contributed by atoms with Crippen LogP contribution in [0, 0.1) is 0 Å². The Morgan fingerprint density at radius 1 is 1.59 bits per heavy atom. The minimum absolute atomic E-state index is 0.104. The molecule has 0 aromatic heterocycles. The van der Waals surface area contributed by atoms with Gasteiger partial charge in [-0.05, 0) is 12.1 Å². The molecule has 3 N–H and O–H groups in total. The van der Waals surface area contributed by atoms with Crippen molar-refractivity contribution in [1.29, 1.82) is 0 Å². The van der Waals surface area contributed by atoms with E-state index in [4.69, 9.17) is 10.5 Å². The predicted octanol–water partition coefficient (Wildman–Crippen LogP) is 0.719. The van der Waals surface area contributed by atoms with Crippen molar-refractivity contribution in [2.24, 2.45) is 5.73 Å². The number of ether oxygens (including phenoxy) is 1. The van der Waals surface area contributed by atoms with Crippen LogP contribution in [0.5, 0.6) is 5.75 Å². The van der Waals surface area contributed by atoms with E-state index in [9.17, 15) is 9.90 Å². The van der Waals surface area contributed by atoms with Gasteiger partial charge in [0.1, 0.15) is 5.75 Å². The topological polar surface area (TPSA) is 75.8 Å². The maximum Gasteiger partial charge on any atom is 0.229 e. The minimum atomic E-state index is -0.276. The molecule has 0 aliphatic rings. The Morgan fingerprint density at radius 2 is 2.29 bits per heavy atom. The molecule has 0 saturated carbocycles. The number of carbonyl (C=O) groups is 1. The van der Waals surface area contributed by atoms with Gasteiger partial charge < -0.3 is 20.5 Å². The molecular formula is C12H18N2O3. The van der Waals surface area contributed by atoms with Crippen molar-refractivity contribution in [3.05, 3.63) is 24.3 Å². The fourth-order valence-electron chi connectivity index (χ4n) is 1.44. The van der Waals surface area contributed by atoms with Gasteiger partial charge in [-0.1, -0.05) is 6.07 Å². The highest BCUT2D eigenvalue weighted by Gasteiger charge is 2.16. The van der Waals surface area contributed by atoms with E-state index in [0.717, 1.165) is 0 Å². The van der Waals surface area contributed by atoms with Crippen molar-refractivity contribution in [3.63, 3.8) is 0 Å². The number of hydrogen-bond acceptors (Lipinski definition) is 4. The number of nitrogens with zero attached hydrogens (tertiary/aromatic N) is 1. The molecule has 17 heavy (non-hydrogen) atoms. The molecule has 0 spiro atoms. The lowest BCUT2D eigenvalue weighted by molar-refractivity contribution is -0.120. The van der Waals surface area contributed by atoms with Crippen LogP contribution in [0.25, 0.3) is 0 Å². The third-order valence-corrected chi connectivity index (χ3v) is 2.59. The second-order valence-corrected chi connectivity index (χ2v) is 3.77. The Morgan fingerprint density at radius 3 is 2.82 bits per heavy atom. The molecule has 1 unspecified atom stereocenters. The lowest BCUT2D eigenvalue weighted by Gasteiger charge is -2.20. The monoisotopic (exact) mass is 238 g/mol. The zero-order valence-electron chi connectivity index (χ0n) is 10.1. The zero-order valence-corrected chi connectivity index (χ0v) is 10.1. The first-order valence-corrected chi connectivity index (χ1v) is 5.37. The maximum atomic E-state index is 11.9. The average molecular weight is 238 g/mol. The molecule has 0 aliphatic carbocycles. The molecule has 0 fully saturated rings. The highest BCUT2D eigenvalue weighted by Crippen LogP contribution is 2.19. The number of nitrogens with two attached hydrogens (primary N) is 1. The molecule has 0 bridgehead atoms. The smallest absolute Gasteiger partial charge is 0.229 e. The number of phenolic OH excluding ortho intramolecular Hbond substituents is 1. The summed E-state index contributed by atoms with van der Waals surface area (Å²) < 4.78 is 5.06. The third-order valence-electron chi connectivity index (χ3n) is 2.59. The summed E-state index contributed by atoms with van der Waals surface area (Å²) in [4.78, 5) is 13.4. The molecule has 0 aliphatic heterocycles. The molecule has 0 radical (unpaired) electrons.